The summed E-state index contributed by atoms with van der Waals surface area (Å²) in [6, 6.07) is 0. The van der Waals surface area contributed by atoms with E-state index in [1.165, 1.54) is 11.7 Å². The standard InChI is InChI=1S/C7H12ClN3O3S/c1-3-4-11-6(5-14-2)9-10-7(11)15(8,12)13/h3-5H2,1-2H3. The number of ether oxygens (including phenoxy) is 1. The van der Waals surface area contributed by atoms with Gasteiger partial charge < -0.3 is 4.74 Å². The van der Waals surface area contributed by atoms with Crippen LogP contribution in [0, 0.1) is 0 Å². The van der Waals surface area contributed by atoms with E-state index in [1.807, 2.05) is 6.92 Å². The molecule has 0 N–H and O–H groups in total. The molecule has 0 unspecified atom stereocenters. The van der Waals surface area contributed by atoms with Crippen LogP contribution in [0.15, 0.2) is 5.16 Å². The maximum absolute atomic E-state index is 11.1. The van der Waals surface area contributed by atoms with Crippen molar-refractivity contribution in [1.82, 2.24) is 14.8 Å². The topological polar surface area (TPSA) is 74.1 Å². The van der Waals surface area contributed by atoms with Gasteiger partial charge in [0.1, 0.15) is 6.61 Å². The molecule has 1 rings (SSSR count). The zero-order chi connectivity index (χ0) is 11.5. The molecule has 0 amide bonds. The molecule has 0 spiro atoms. The molecule has 0 saturated carbocycles. The quantitative estimate of drug-likeness (QED) is 0.725. The predicted octanol–water partition coefficient (Wildman–Crippen LogP) is 0.762. The van der Waals surface area contributed by atoms with Crippen molar-refractivity contribution in [3.63, 3.8) is 0 Å². The van der Waals surface area contributed by atoms with Crippen molar-refractivity contribution in [3.05, 3.63) is 5.82 Å². The first-order valence-electron chi connectivity index (χ1n) is 4.36. The Morgan fingerprint density at radius 3 is 2.60 bits per heavy atom. The minimum atomic E-state index is -3.85. The lowest BCUT2D eigenvalue weighted by atomic mass is 10.4. The molecular weight excluding hydrogens is 242 g/mol. The van der Waals surface area contributed by atoms with Gasteiger partial charge >= 0.3 is 0 Å². The fourth-order valence-electron chi connectivity index (χ4n) is 1.18. The molecule has 15 heavy (non-hydrogen) atoms. The highest BCUT2D eigenvalue weighted by Gasteiger charge is 2.21. The second kappa shape index (κ2) is 4.91. The van der Waals surface area contributed by atoms with Gasteiger partial charge in [-0.2, -0.15) is 0 Å². The molecule has 0 aliphatic rings. The summed E-state index contributed by atoms with van der Waals surface area (Å²) in [5, 5.41) is 7.03. The molecule has 8 heteroatoms. The van der Waals surface area contributed by atoms with Crippen LogP contribution < -0.4 is 0 Å². The number of nitrogens with zero attached hydrogens (tertiary/aromatic N) is 3. The average Bonchev–Trinajstić information content (AvgIpc) is 2.49. The van der Waals surface area contributed by atoms with Crippen LogP contribution in [0.4, 0.5) is 0 Å². The highest BCUT2D eigenvalue weighted by atomic mass is 35.7. The fraction of sp³-hybridized carbons (Fsp3) is 0.714. The molecule has 0 saturated heterocycles. The Hall–Kier alpha value is -0.660. The molecule has 0 aromatic carbocycles. The Balaban J connectivity index is 3.17. The summed E-state index contributed by atoms with van der Waals surface area (Å²) >= 11 is 0. The van der Waals surface area contributed by atoms with Gasteiger partial charge in [-0.05, 0) is 6.42 Å². The molecule has 6 nitrogen and oxygen atoms in total. The average molecular weight is 254 g/mol. The van der Waals surface area contributed by atoms with Gasteiger partial charge in [0.2, 0.25) is 0 Å². The lowest BCUT2D eigenvalue weighted by molar-refractivity contribution is 0.173. The van der Waals surface area contributed by atoms with Crippen molar-refractivity contribution in [2.75, 3.05) is 7.11 Å². The van der Waals surface area contributed by atoms with E-state index in [1.54, 1.807) is 0 Å². The van der Waals surface area contributed by atoms with Crippen LogP contribution in [0.1, 0.15) is 19.2 Å². The Morgan fingerprint density at radius 1 is 1.47 bits per heavy atom. The summed E-state index contributed by atoms with van der Waals surface area (Å²) in [7, 11) is 2.87. The van der Waals surface area contributed by atoms with Gasteiger partial charge in [-0.15, -0.1) is 10.2 Å². The molecule has 1 heterocycles. The summed E-state index contributed by atoms with van der Waals surface area (Å²) in [6.45, 7) is 2.62. The summed E-state index contributed by atoms with van der Waals surface area (Å²) < 4.78 is 28.6. The maximum atomic E-state index is 11.1. The van der Waals surface area contributed by atoms with Crippen LogP contribution in [0.25, 0.3) is 0 Å². The Kier molecular flexibility index (Phi) is 4.06. The first kappa shape index (κ1) is 12.4. The first-order chi connectivity index (χ1) is 7.00. The second-order valence-corrected chi connectivity index (χ2v) is 5.38. The third-order valence-corrected chi connectivity index (χ3v) is 2.88. The fourth-order valence-corrected chi connectivity index (χ4v) is 2.12. The lowest BCUT2D eigenvalue weighted by Gasteiger charge is -2.05. The molecule has 1 aromatic heterocycles. The SMILES string of the molecule is CCCn1c(COC)nnc1S(=O)(=O)Cl. The Labute approximate surface area is 92.6 Å². The minimum absolute atomic E-state index is 0.208. The van der Waals surface area contributed by atoms with Crippen LogP contribution >= 0.6 is 10.7 Å². The lowest BCUT2D eigenvalue weighted by Crippen LogP contribution is -2.10. The van der Waals surface area contributed by atoms with Gasteiger partial charge in [0, 0.05) is 24.3 Å². The van der Waals surface area contributed by atoms with Gasteiger partial charge in [0.05, 0.1) is 0 Å². The highest BCUT2D eigenvalue weighted by Crippen LogP contribution is 2.14. The van der Waals surface area contributed by atoms with E-state index in [4.69, 9.17) is 15.4 Å². The third-order valence-electron chi connectivity index (χ3n) is 1.73. The number of halogens is 1. The number of rotatable bonds is 5. The molecule has 0 aliphatic heterocycles. The summed E-state index contributed by atoms with van der Waals surface area (Å²) in [5.74, 6) is 0.457. The zero-order valence-corrected chi connectivity index (χ0v) is 10.0. The zero-order valence-electron chi connectivity index (χ0n) is 8.47. The van der Waals surface area contributed by atoms with Crippen molar-refractivity contribution >= 4 is 19.7 Å². The number of aromatic nitrogens is 3. The normalized spacial score (nSPS) is 11.9. The molecule has 0 bridgehead atoms. The summed E-state index contributed by atoms with van der Waals surface area (Å²) in [6.07, 6.45) is 0.758. The molecule has 0 atom stereocenters. The number of hydrogen-bond donors (Lipinski definition) is 0. The predicted molar refractivity (Wildman–Crippen MR) is 54.1 cm³/mol. The van der Waals surface area contributed by atoms with E-state index in [-0.39, 0.29) is 11.8 Å². The Morgan fingerprint density at radius 2 is 2.13 bits per heavy atom. The third kappa shape index (κ3) is 2.90. The highest BCUT2D eigenvalue weighted by molar-refractivity contribution is 8.13. The van der Waals surface area contributed by atoms with Gasteiger partial charge in [-0.25, -0.2) is 8.42 Å². The molecule has 0 fully saturated rings. The van der Waals surface area contributed by atoms with E-state index in [2.05, 4.69) is 10.2 Å². The smallest absolute Gasteiger partial charge is 0.296 e. The van der Waals surface area contributed by atoms with Crippen LogP contribution in [-0.4, -0.2) is 30.3 Å². The van der Waals surface area contributed by atoms with Crippen LogP contribution in [0.5, 0.6) is 0 Å². The molecule has 0 radical (unpaired) electrons. The Bertz CT molecular complexity index is 429. The number of methoxy groups -OCH3 is 1. The van der Waals surface area contributed by atoms with E-state index in [0.717, 1.165) is 6.42 Å². The largest absolute Gasteiger partial charge is 0.377 e. The molecular formula is C7H12ClN3O3S. The van der Waals surface area contributed by atoms with Crippen molar-refractivity contribution in [2.24, 2.45) is 0 Å². The number of hydrogen-bond acceptors (Lipinski definition) is 5. The van der Waals surface area contributed by atoms with Crippen molar-refractivity contribution in [1.29, 1.82) is 0 Å². The van der Waals surface area contributed by atoms with Crippen LogP contribution in [-0.2, 0) is 26.9 Å². The molecule has 1 aromatic rings. The molecule has 0 aliphatic carbocycles. The first-order valence-corrected chi connectivity index (χ1v) is 6.67. The van der Waals surface area contributed by atoms with E-state index < -0.39 is 9.05 Å². The van der Waals surface area contributed by atoms with E-state index in [0.29, 0.717) is 12.4 Å². The van der Waals surface area contributed by atoms with Crippen LogP contribution in [0.2, 0.25) is 0 Å². The monoisotopic (exact) mass is 253 g/mol. The van der Waals surface area contributed by atoms with Gasteiger partial charge in [0.15, 0.2) is 5.82 Å². The minimum Gasteiger partial charge on any atom is -0.377 e. The van der Waals surface area contributed by atoms with Crippen LogP contribution in [0.3, 0.4) is 0 Å². The summed E-state index contributed by atoms with van der Waals surface area (Å²) in [4.78, 5) is 0. The molecule has 86 valence electrons. The summed E-state index contributed by atoms with van der Waals surface area (Å²) in [5.41, 5.74) is 0. The van der Waals surface area contributed by atoms with E-state index in [9.17, 15) is 8.42 Å². The van der Waals surface area contributed by atoms with Crippen molar-refractivity contribution < 1.29 is 13.2 Å². The van der Waals surface area contributed by atoms with Gasteiger partial charge in [0.25, 0.3) is 14.2 Å². The van der Waals surface area contributed by atoms with E-state index >= 15 is 0 Å². The maximum Gasteiger partial charge on any atom is 0.296 e. The van der Waals surface area contributed by atoms with Crippen molar-refractivity contribution in [3.8, 4) is 0 Å². The second-order valence-electron chi connectivity index (χ2n) is 2.92. The van der Waals surface area contributed by atoms with Crippen molar-refractivity contribution in [2.45, 2.75) is 31.7 Å². The van der Waals surface area contributed by atoms with Gasteiger partial charge in [-0.1, -0.05) is 6.92 Å². The van der Waals surface area contributed by atoms with Gasteiger partial charge in [-0.3, -0.25) is 4.57 Å².